The minimum atomic E-state index is -1.42. The number of carbonyl (C=O) groups excluding carboxylic acids is 1. The van der Waals surface area contributed by atoms with Crippen LogP contribution in [0.3, 0.4) is 0 Å². The van der Waals surface area contributed by atoms with Crippen LogP contribution >= 0.6 is 15.9 Å². The van der Waals surface area contributed by atoms with Gasteiger partial charge in [0.25, 0.3) is 0 Å². The number of rotatable bonds is 4. The number of oxime groups is 1. The number of nitrogens with zero attached hydrogens (tertiary/aromatic N) is 1. The Labute approximate surface area is 99.8 Å². The van der Waals surface area contributed by atoms with Gasteiger partial charge in [-0.3, -0.25) is 4.79 Å². The van der Waals surface area contributed by atoms with Crippen molar-refractivity contribution in [2.24, 2.45) is 5.16 Å². The molecule has 5 nitrogen and oxygen atoms in total. The largest absolute Gasteiger partial charge is 0.476 e. The summed E-state index contributed by atoms with van der Waals surface area (Å²) >= 11 is 3.21. The van der Waals surface area contributed by atoms with Gasteiger partial charge in [0.1, 0.15) is 7.11 Å². The van der Waals surface area contributed by atoms with Gasteiger partial charge in [0.05, 0.1) is 0 Å². The molecule has 1 aromatic rings. The third-order valence-corrected chi connectivity index (χ3v) is 2.24. The van der Waals surface area contributed by atoms with Gasteiger partial charge in [-0.15, -0.1) is 0 Å². The molecule has 0 spiro atoms. The van der Waals surface area contributed by atoms with Crippen LogP contribution in [0.15, 0.2) is 33.9 Å². The molecule has 0 aliphatic heterocycles. The number of aliphatic carboxylic acids is 1. The minimum Gasteiger partial charge on any atom is -0.476 e. The highest BCUT2D eigenvalue weighted by molar-refractivity contribution is 9.10. The first-order valence-electron chi connectivity index (χ1n) is 4.21. The van der Waals surface area contributed by atoms with Crippen LogP contribution in [0.4, 0.5) is 0 Å². The maximum Gasteiger partial charge on any atom is 0.362 e. The highest BCUT2D eigenvalue weighted by Crippen LogP contribution is 2.11. The third-order valence-electron chi connectivity index (χ3n) is 1.71. The molecule has 0 atom stereocenters. The molecule has 0 unspecified atom stereocenters. The molecule has 0 aromatic heterocycles. The van der Waals surface area contributed by atoms with E-state index in [1.807, 2.05) is 0 Å². The molecule has 0 radical (unpaired) electrons. The summed E-state index contributed by atoms with van der Waals surface area (Å²) in [6, 6.07) is 6.28. The number of carbonyl (C=O) groups is 2. The number of benzene rings is 1. The molecule has 1 rings (SSSR count). The highest BCUT2D eigenvalue weighted by Gasteiger charge is 2.22. The first-order chi connectivity index (χ1) is 7.56. The zero-order valence-electron chi connectivity index (χ0n) is 8.31. The molecule has 16 heavy (non-hydrogen) atoms. The van der Waals surface area contributed by atoms with Crippen LogP contribution < -0.4 is 0 Å². The predicted molar refractivity (Wildman–Crippen MR) is 60.6 cm³/mol. The number of hydrogen-bond donors (Lipinski definition) is 1. The predicted octanol–water partition coefficient (Wildman–Crippen LogP) is 1.72. The molecule has 1 N–H and O–H groups in total. The number of carboxylic acid groups (broad SMARTS) is 1. The zero-order valence-corrected chi connectivity index (χ0v) is 9.89. The van der Waals surface area contributed by atoms with E-state index in [0.717, 1.165) is 4.47 Å². The molecule has 6 heteroatoms. The molecule has 0 aliphatic rings. The smallest absolute Gasteiger partial charge is 0.362 e. The van der Waals surface area contributed by atoms with Crippen molar-refractivity contribution in [1.29, 1.82) is 0 Å². The number of ketones is 1. The second kappa shape index (κ2) is 5.41. The average molecular weight is 286 g/mol. The fraction of sp³-hybridized carbons (Fsp3) is 0.100. The molecule has 1 aromatic carbocycles. The Bertz CT molecular complexity index is 439. The van der Waals surface area contributed by atoms with Crippen LogP contribution in [0.25, 0.3) is 0 Å². The highest BCUT2D eigenvalue weighted by atomic mass is 79.9. The molecule has 0 heterocycles. The van der Waals surface area contributed by atoms with Crippen molar-refractivity contribution in [1.82, 2.24) is 0 Å². The maximum atomic E-state index is 11.7. The van der Waals surface area contributed by atoms with Crippen molar-refractivity contribution >= 4 is 33.4 Å². The topological polar surface area (TPSA) is 76.0 Å². The molecule has 0 saturated carbocycles. The van der Waals surface area contributed by atoms with E-state index in [4.69, 9.17) is 5.11 Å². The van der Waals surface area contributed by atoms with Crippen molar-refractivity contribution < 1.29 is 19.5 Å². The van der Waals surface area contributed by atoms with E-state index < -0.39 is 17.5 Å². The van der Waals surface area contributed by atoms with Gasteiger partial charge >= 0.3 is 5.97 Å². The van der Waals surface area contributed by atoms with Crippen LogP contribution in [-0.4, -0.2) is 29.7 Å². The lowest BCUT2D eigenvalue weighted by atomic mass is 10.1. The Hall–Kier alpha value is -1.69. The molecule has 0 fully saturated rings. The number of halogens is 1. The van der Waals surface area contributed by atoms with Gasteiger partial charge < -0.3 is 9.94 Å². The van der Waals surface area contributed by atoms with E-state index in [9.17, 15) is 9.59 Å². The molecule has 0 aliphatic carbocycles. The summed E-state index contributed by atoms with van der Waals surface area (Å²) in [7, 11) is 1.18. The first-order valence-corrected chi connectivity index (χ1v) is 5.00. The molecule has 84 valence electrons. The van der Waals surface area contributed by atoms with Gasteiger partial charge in [-0.05, 0) is 24.3 Å². The lowest BCUT2D eigenvalue weighted by molar-refractivity contribution is -0.129. The monoisotopic (exact) mass is 285 g/mol. The Morgan fingerprint density at radius 3 is 2.31 bits per heavy atom. The van der Waals surface area contributed by atoms with E-state index in [-0.39, 0.29) is 5.56 Å². The summed E-state index contributed by atoms with van der Waals surface area (Å²) in [5, 5.41) is 11.9. The number of hydrogen-bond acceptors (Lipinski definition) is 4. The van der Waals surface area contributed by atoms with Gasteiger partial charge in [0.15, 0.2) is 0 Å². The SMILES string of the molecule is CO/N=C(/C(=O)O)C(=O)c1ccc(Br)cc1. The Morgan fingerprint density at radius 1 is 1.31 bits per heavy atom. The van der Waals surface area contributed by atoms with E-state index in [1.54, 1.807) is 12.1 Å². The fourth-order valence-corrected chi connectivity index (χ4v) is 1.27. The summed E-state index contributed by atoms with van der Waals surface area (Å²) in [6.07, 6.45) is 0. The number of carboxylic acids is 1. The summed E-state index contributed by atoms with van der Waals surface area (Å²) in [5.41, 5.74) is -0.411. The lowest BCUT2D eigenvalue weighted by Gasteiger charge is -2.00. The van der Waals surface area contributed by atoms with Crippen LogP contribution in [0.2, 0.25) is 0 Å². The van der Waals surface area contributed by atoms with Crippen LogP contribution in [0.1, 0.15) is 10.4 Å². The van der Waals surface area contributed by atoms with E-state index in [0.29, 0.717) is 0 Å². The molecular weight excluding hydrogens is 278 g/mol. The van der Waals surface area contributed by atoms with Gasteiger partial charge in [0, 0.05) is 10.0 Å². The van der Waals surface area contributed by atoms with Crippen molar-refractivity contribution in [3.63, 3.8) is 0 Å². The maximum absolute atomic E-state index is 11.7. The van der Waals surface area contributed by atoms with Crippen LogP contribution in [-0.2, 0) is 9.63 Å². The van der Waals surface area contributed by atoms with Crippen LogP contribution in [0, 0.1) is 0 Å². The second-order valence-corrected chi connectivity index (χ2v) is 3.68. The molecule has 0 amide bonds. The summed E-state index contributed by atoms with van der Waals surface area (Å²) < 4.78 is 0.796. The fourth-order valence-electron chi connectivity index (χ4n) is 1.01. The molecule has 0 saturated heterocycles. The van der Waals surface area contributed by atoms with Crippen molar-refractivity contribution in [2.75, 3.05) is 7.11 Å². The Kier molecular flexibility index (Phi) is 4.19. The van der Waals surface area contributed by atoms with Crippen LogP contribution in [0.5, 0.6) is 0 Å². The minimum absolute atomic E-state index is 0.237. The van der Waals surface area contributed by atoms with Gasteiger partial charge in [0.2, 0.25) is 11.5 Å². The first kappa shape index (κ1) is 12.4. The van der Waals surface area contributed by atoms with Gasteiger partial charge in [-0.25, -0.2) is 4.79 Å². The van der Waals surface area contributed by atoms with Gasteiger partial charge in [-0.2, -0.15) is 0 Å². The van der Waals surface area contributed by atoms with Crippen molar-refractivity contribution in [3.8, 4) is 0 Å². The Balaban J connectivity index is 3.05. The molecule has 0 bridgehead atoms. The molecular formula is C10H8BrNO4. The second-order valence-electron chi connectivity index (χ2n) is 2.76. The van der Waals surface area contributed by atoms with Gasteiger partial charge in [-0.1, -0.05) is 21.1 Å². The quantitative estimate of drug-likeness (QED) is 0.396. The van der Waals surface area contributed by atoms with E-state index in [2.05, 4.69) is 25.9 Å². The summed E-state index contributed by atoms with van der Waals surface area (Å²) in [6.45, 7) is 0. The lowest BCUT2D eigenvalue weighted by Crippen LogP contribution is -2.24. The van der Waals surface area contributed by atoms with E-state index in [1.165, 1.54) is 19.2 Å². The average Bonchev–Trinajstić information content (AvgIpc) is 2.25. The normalized spacial score (nSPS) is 11.0. The number of Topliss-reactive ketones (excluding diaryl/α,β-unsaturated/α-hetero) is 1. The van der Waals surface area contributed by atoms with Crippen molar-refractivity contribution in [2.45, 2.75) is 0 Å². The zero-order chi connectivity index (χ0) is 12.1. The van der Waals surface area contributed by atoms with Crippen molar-refractivity contribution in [3.05, 3.63) is 34.3 Å². The standard InChI is InChI=1S/C10H8BrNO4/c1-16-12-8(10(14)15)9(13)6-2-4-7(11)5-3-6/h2-5H,1H3,(H,14,15)/b12-8+. The summed E-state index contributed by atoms with van der Waals surface area (Å²) in [4.78, 5) is 26.7. The summed E-state index contributed by atoms with van der Waals surface area (Å²) in [5.74, 6) is -2.11. The Morgan fingerprint density at radius 2 is 1.88 bits per heavy atom. The van der Waals surface area contributed by atoms with E-state index >= 15 is 0 Å². The third kappa shape index (κ3) is 2.90.